The molecular formula is C12H15BrF2N2O2S. The third-order valence-corrected chi connectivity index (χ3v) is 6.13. The fourth-order valence-electron chi connectivity index (χ4n) is 2.38. The molecule has 0 bridgehead atoms. The summed E-state index contributed by atoms with van der Waals surface area (Å²) in [6, 6.07) is 1.54. The standard InChI is InChI=1S/C12H15BrF2N2O2S/c1-16-6-8-2-3-17(7-8)20(18,19)12-10(13)4-9(14)5-11(12)15/h4-5,8,16H,2-3,6-7H2,1H3. The first-order chi connectivity index (χ1) is 9.36. The Morgan fingerprint density at radius 3 is 2.75 bits per heavy atom. The van der Waals surface area contributed by atoms with Gasteiger partial charge in [0.25, 0.3) is 0 Å². The molecule has 0 spiro atoms. The molecule has 20 heavy (non-hydrogen) atoms. The number of hydrogen-bond donors (Lipinski definition) is 1. The number of hydrogen-bond acceptors (Lipinski definition) is 3. The van der Waals surface area contributed by atoms with Crippen LogP contribution in [0.1, 0.15) is 6.42 Å². The van der Waals surface area contributed by atoms with Gasteiger partial charge in [0.15, 0.2) is 0 Å². The second-order valence-corrected chi connectivity index (χ2v) is 7.50. The maximum absolute atomic E-state index is 13.8. The largest absolute Gasteiger partial charge is 0.319 e. The van der Waals surface area contributed by atoms with Crippen LogP contribution in [-0.2, 0) is 10.0 Å². The Balaban J connectivity index is 2.33. The van der Waals surface area contributed by atoms with E-state index >= 15 is 0 Å². The highest BCUT2D eigenvalue weighted by Gasteiger charge is 2.35. The Labute approximate surface area is 125 Å². The second-order valence-electron chi connectivity index (χ2n) is 4.77. The molecule has 1 aromatic carbocycles. The zero-order valence-electron chi connectivity index (χ0n) is 10.9. The molecule has 1 heterocycles. The lowest BCUT2D eigenvalue weighted by atomic mass is 10.1. The average molecular weight is 369 g/mol. The molecule has 0 radical (unpaired) electrons. The maximum Gasteiger partial charge on any atom is 0.247 e. The van der Waals surface area contributed by atoms with Gasteiger partial charge in [-0.1, -0.05) is 0 Å². The van der Waals surface area contributed by atoms with E-state index in [1.807, 2.05) is 0 Å². The first-order valence-corrected chi connectivity index (χ1v) is 8.39. The van der Waals surface area contributed by atoms with Crippen molar-refractivity contribution in [1.82, 2.24) is 9.62 Å². The van der Waals surface area contributed by atoms with E-state index in [1.165, 1.54) is 4.31 Å². The molecule has 0 aromatic heterocycles. The molecule has 1 unspecified atom stereocenters. The first-order valence-electron chi connectivity index (χ1n) is 6.15. The highest BCUT2D eigenvalue weighted by atomic mass is 79.9. The molecule has 8 heteroatoms. The Morgan fingerprint density at radius 2 is 2.15 bits per heavy atom. The van der Waals surface area contributed by atoms with Crippen molar-refractivity contribution in [3.8, 4) is 0 Å². The van der Waals surface area contributed by atoms with E-state index in [2.05, 4.69) is 21.2 Å². The van der Waals surface area contributed by atoms with Gasteiger partial charge in [-0.15, -0.1) is 0 Å². The summed E-state index contributed by atoms with van der Waals surface area (Å²) in [5.74, 6) is -1.69. The van der Waals surface area contributed by atoms with E-state index < -0.39 is 26.6 Å². The predicted octanol–water partition coefficient (Wildman–Crippen LogP) is 1.96. The summed E-state index contributed by atoms with van der Waals surface area (Å²) in [4.78, 5) is -0.496. The van der Waals surface area contributed by atoms with Gasteiger partial charge in [-0.05, 0) is 47.9 Å². The van der Waals surface area contributed by atoms with Crippen molar-refractivity contribution in [3.05, 3.63) is 28.2 Å². The molecule has 0 aliphatic carbocycles. The van der Waals surface area contributed by atoms with Crippen molar-refractivity contribution >= 4 is 26.0 Å². The van der Waals surface area contributed by atoms with Gasteiger partial charge in [-0.25, -0.2) is 17.2 Å². The number of nitrogens with zero attached hydrogens (tertiary/aromatic N) is 1. The van der Waals surface area contributed by atoms with Crippen molar-refractivity contribution < 1.29 is 17.2 Å². The normalized spacial score (nSPS) is 20.5. The molecule has 1 atom stereocenters. The third-order valence-electron chi connectivity index (χ3n) is 3.30. The van der Waals surface area contributed by atoms with Crippen molar-refractivity contribution in [1.29, 1.82) is 0 Å². The summed E-state index contributed by atoms with van der Waals surface area (Å²) in [7, 11) is -2.15. The van der Waals surface area contributed by atoms with Crippen LogP contribution >= 0.6 is 15.9 Å². The van der Waals surface area contributed by atoms with Crippen molar-refractivity contribution in [2.75, 3.05) is 26.7 Å². The van der Waals surface area contributed by atoms with Crippen LogP contribution in [-0.4, -0.2) is 39.4 Å². The zero-order chi connectivity index (χ0) is 14.9. The summed E-state index contributed by atoms with van der Waals surface area (Å²) in [6.45, 7) is 1.39. The number of halogens is 3. The summed E-state index contributed by atoms with van der Waals surface area (Å²) >= 11 is 2.93. The molecule has 1 aromatic rings. The highest BCUT2D eigenvalue weighted by molar-refractivity contribution is 9.10. The van der Waals surface area contributed by atoms with Gasteiger partial charge in [-0.2, -0.15) is 4.31 Å². The predicted molar refractivity (Wildman–Crippen MR) is 74.9 cm³/mol. The highest BCUT2D eigenvalue weighted by Crippen LogP contribution is 2.31. The average Bonchev–Trinajstić information content (AvgIpc) is 2.76. The van der Waals surface area contributed by atoms with Gasteiger partial charge in [0.1, 0.15) is 16.5 Å². The molecule has 1 N–H and O–H groups in total. The summed E-state index contributed by atoms with van der Waals surface area (Å²) in [5.41, 5.74) is 0. The summed E-state index contributed by atoms with van der Waals surface area (Å²) in [6.07, 6.45) is 0.723. The molecule has 2 rings (SSSR count). The van der Waals surface area contributed by atoms with Crippen molar-refractivity contribution in [2.45, 2.75) is 11.3 Å². The van der Waals surface area contributed by atoms with Crippen molar-refractivity contribution in [2.24, 2.45) is 5.92 Å². The Morgan fingerprint density at radius 1 is 1.45 bits per heavy atom. The second kappa shape index (κ2) is 6.05. The lowest BCUT2D eigenvalue weighted by Crippen LogP contribution is -2.31. The minimum atomic E-state index is -3.95. The zero-order valence-corrected chi connectivity index (χ0v) is 13.3. The van der Waals surface area contributed by atoms with Crippen LogP contribution < -0.4 is 5.32 Å². The van der Waals surface area contributed by atoms with Crippen LogP contribution in [0, 0.1) is 17.6 Å². The van der Waals surface area contributed by atoms with Crippen LogP contribution in [0.5, 0.6) is 0 Å². The lowest BCUT2D eigenvalue weighted by Gasteiger charge is -2.18. The smallest absolute Gasteiger partial charge is 0.247 e. The minimum Gasteiger partial charge on any atom is -0.319 e. The molecule has 1 aliphatic rings. The molecule has 112 valence electrons. The molecule has 1 saturated heterocycles. The fourth-order valence-corrected chi connectivity index (χ4v) is 5.02. The van der Waals surface area contributed by atoms with E-state index in [4.69, 9.17) is 0 Å². The van der Waals surface area contributed by atoms with E-state index in [0.29, 0.717) is 25.7 Å². The molecule has 0 amide bonds. The van der Waals surface area contributed by atoms with E-state index in [-0.39, 0.29) is 10.4 Å². The Kier molecular flexibility index (Phi) is 4.78. The molecule has 1 fully saturated rings. The monoisotopic (exact) mass is 368 g/mol. The minimum absolute atomic E-state index is 0.0907. The van der Waals surface area contributed by atoms with Crippen LogP contribution in [0.15, 0.2) is 21.5 Å². The molecule has 4 nitrogen and oxygen atoms in total. The van der Waals surface area contributed by atoms with Gasteiger partial charge in [-0.3, -0.25) is 0 Å². The Bertz CT molecular complexity index is 586. The van der Waals surface area contributed by atoms with Gasteiger partial charge in [0.2, 0.25) is 10.0 Å². The van der Waals surface area contributed by atoms with E-state index in [0.717, 1.165) is 12.5 Å². The quantitative estimate of drug-likeness (QED) is 0.883. The summed E-state index contributed by atoms with van der Waals surface area (Å²) in [5, 5.41) is 3.00. The molecule has 0 saturated carbocycles. The van der Waals surface area contributed by atoms with Gasteiger partial charge < -0.3 is 5.32 Å². The van der Waals surface area contributed by atoms with Gasteiger partial charge >= 0.3 is 0 Å². The third kappa shape index (κ3) is 3.03. The maximum atomic E-state index is 13.8. The van der Waals surface area contributed by atoms with Gasteiger partial charge in [0.05, 0.1) is 0 Å². The topological polar surface area (TPSA) is 49.4 Å². The number of benzene rings is 1. The Hall–Kier alpha value is -0.570. The molecule has 1 aliphatic heterocycles. The van der Waals surface area contributed by atoms with Crippen LogP contribution in [0.3, 0.4) is 0 Å². The van der Waals surface area contributed by atoms with E-state index in [1.54, 1.807) is 7.05 Å². The summed E-state index contributed by atoms with van der Waals surface area (Å²) < 4.78 is 52.9. The van der Waals surface area contributed by atoms with Crippen LogP contribution in [0.25, 0.3) is 0 Å². The van der Waals surface area contributed by atoms with Crippen LogP contribution in [0.4, 0.5) is 8.78 Å². The lowest BCUT2D eigenvalue weighted by molar-refractivity contribution is 0.445. The number of rotatable bonds is 4. The SMILES string of the molecule is CNCC1CCN(S(=O)(=O)c2c(F)cc(F)cc2Br)C1. The number of sulfonamides is 1. The first kappa shape index (κ1) is 15.8. The fraction of sp³-hybridized carbons (Fsp3) is 0.500. The number of nitrogens with one attached hydrogen (secondary N) is 1. The van der Waals surface area contributed by atoms with Crippen LogP contribution in [0.2, 0.25) is 0 Å². The molecular weight excluding hydrogens is 354 g/mol. The van der Waals surface area contributed by atoms with Crippen molar-refractivity contribution in [3.63, 3.8) is 0 Å². The van der Waals surface area contributed by atoms with Gasteiger partial charge in [0, 0.05) is 23.6 Å². The van der Waals surface area contributed by atoms with E-state index in [9.17, 15) is 17.2 Å².